The van der Waals surface area contributed by atoms with E-state index in [1.807, 2.05) is 0 Å². The second-order valence-corrected chi connectivity index (χ2v) is 5.79. The van der Waals surface area contributed by atoms with Crippen molar-refractivity contribution in [3.8, 4) is 0 Å². The van der Waals surface area contributed by atoms with Crippen LogP contribution in [0.25, 0.3) is 0 Å². The van der Waals surface area contributed by atoms with Crippen LogP contribution in [0.15, 0.2) is 0 Å². The summed E-state index contributed by atoms with van der Waals surface area (Å²) in [6.45, 7) is 0.629. The van der Waals surface area contributed by atoms with Crippen molar-refractivity contribution in [1.29, 1.82) is 0 Å². The monoisotopic (exact) mass is 253 g/mol. The molecule has 4 nitrogen and oxygen atoms in total. The molecule has 0 heterocycles. The van der Waals surface area contributed by atoms with Gasteiger partial charge in [0.15, 0.2) is 0 Å². The molecule has 2 N–H and O–H groups in total. The highest BCUT2D eigenvalue weighted by Crippen LogP contribution is 2.41. The van der Waals surface area contributed by atoms with Crippen LogP contribution in [-0.4, -0.2) is 23.5 Å². The number of nitrogens with one attached hydrogen (secondary N) is 1. The van der Waals surface area contributed by atoms with E-state index in [9.17, 15) is 9.59 Å². The van der Waals surface area contributed by atoms with Crippen molar-refractivity contribution in [2.24, 2.45) is 11.3 Å². The molecule has 2 fully saturated rings. The van der Waals surface area contributed by atoms with Gasteiger partial charge in [-0.25, -0.2) is 0 Å². The summed E-state index contributed by atoms with van der Waals surface area (Å²) in [5.74, 6) is -0.395. The van der Waals surface area contributed by atoms with Gasteiger partial charge in [0.2, 0.25) is 5.91 Å². The molecule has 0 aliphatic heterocycles. The minimum Gasteiger partial charge on any atom is -0.480 e. The molecule has 4 heteroatoms. The van der Waals surface area contributed by atoms with E-state index in [4.69, 9.17) is 5.11 Å². The molecule has 0 unspecified atom stereocenters. The summed E-state index contributed by atoms with van der Waals surface area (Å²) in [7, 11) is 0. The molecule has 0 saturated heterocycles. The maximum Gasteiger partial charge on any atom is 0.319 e. The summed E-state index contributed by atoms with van der Waals surface area (Å²) in [5, 5.41) is 11.9. The number of hydrogen-bond acceptors (Lipinski definition) is 2. The number of carboxylic acid groups (broad SMARTS) is 1. The Morgan fingerprint density at radius 3 is 2.33 bits per heavy atom. The van der Waals surface area contributed by atoms with E-state index in [2.05, 4.69) is 5.32 Å². The SMILES string of the molecule is O=C(O)C1(C(=O)NCCCC2CCCC2)CCC1. The average Bonchev–Trinajstić information content (AvgIpc) is 2.75. The highest BCUT2D eigenvalue weighted by atomic mass is 16.4. The molecule has 1 amide bonds. The minimum atomic E-state index is -1.10. The third-order valence-corrected chi connectivity index (χ3v) is 4.60. The summed E-state index contributed by atoms with van der Waals surface area (Å²) >= 11 is 0. The van der Waals surface area contributed by atoms with Crippen LogP contribution in [0.3, 0.4) is 0 Å². The fourth-order valence-electron chi connectivity index (χ4n) is 3.13. The van der Waals surface area contributed by atoms with Crippen LogP contribution < -0.4 is 5.32 Å². The molecule has 0 aromatic carbocycles. The molecule has 0 radical (unpaired) electrons. The van der Waals surface area contributed by atoms with Gasteiger partial charge < -0.3 is 10.4 Å². The van der Waals surface area contributed by atoms with Gasteiger partial charge in [-0.05, 0) is 31.6 Å². The van der Waals surface area contributed by atoms with Gasteiger partial charge in [0.05, 0.1) is 0 Å². The van der Waals surface area contributed by atoms with E-state index >= 15 is 0 Å². The molecular formula is C14H23NO3. The van der Waals surface area contributed by atoms with E-state index in [-0.39, 0.29) is 5.91 Å². The van der Waals surface area contributed by atoms with Gasteiger partial charge >= 0.3 is 5.97 Å². The molecule has 2 aliphatic rings. The van der Waals surface area contributed by atoms with Crippen LogP contribution in [0.1, 0.15) is 57.8 Å². The Balaban J connectivity index is 1.66. The summed E-state index contributed by atoms with van der Waals surface area (Å²) in [5.41, 5.74) is -1.10. The topological polar surface area (TPSA) is 66.4 Å². The lowest BCUT2D eigenvalue weighted by Crippen LogP contribution is -2.51. The minimum absolute atomic E-state index is 0.271. The van der Waals surface area contributed by atoms with Crippen molar-refractivity contribution in [2.75, 3.05) is 6.54 Å². The van der Waals surface area contributed by atoms with Crippen LogP contribution in [0.4, 0.5) is 0 Å². The second kappa shape index (κ2) is 5.72. The van der Waals surface area contributed by atoms with Gasteiger partial charge in [-0.1, -0.05) is 32.1 Å². The standard InChI is InChI=1S/C14H23NO3/c16-12(14(13(17)18)8-4-9-14)15-10-3-7-11-5-1-2-6-11/h11H,1-10H2,(H,15,16)(H,17,18). The molecule has 0 aromatic heterocycles. The number of carbonyl (C=O) groups is 2. The van der Waals surface area contributed by atoms with Crippen molar-refractivity contribution in [3.05, 3.63) is 0 Å². The summed E-state index contributed by atoms with van der Waals surface area (Å²) in [4.78, 5) is 23.0. The Bertz CT molecular complexity index is 317. The van der Waals surface area contributed by atoms with Gasteiger partial charge in [0, 0.05) is 6.54 Å². The maximum atomic E-state index is 11.9. The first-order valence-electron chi connectivity index (χ1n) is 7.17. The van der Waals surface area contributed by atoms with E-state index in [0.29, 0.717) is 19.4 Å². The highest BCUT2D eigenvalue weighted by Gasteiger charge is 2.50. The van der Waals surface area contributed by atoms with Crippen LogP contribution in [0, 0.1) is 11.3 Å². The smallest absolute Gasteiger partial charge is 0.319 e. The fraction of sp³-hybridized carbons (Fsp3) is 0.857. The Morgan fingerprint density at radius 1 is 1.17 bits per heavy atom. The van der Waals surface area contributed by atoms with Crippen LogP contribution >= 0.6 is 0 Å². The van der Waals surface area contributed by atoms with E-state index < -0.39 is 11.4 Å². The summed E-state index contributed by atoms with van der Waals surface area (Å²) in [6.07, 6.45) is 9.33. The molecule has 0 bridgehead atoms. The number of aliphatic carboxylic acids is 1. The van der Waals surface area contributed by atoms with Crippen molar-refractivity contribution < 1.29 is 14.7 Å². The Morgan fingerprint density at radius 2 is 1.83 bits per heavy atom. The van der Waals surface area contributed by atoms with Crippen molar-refractivity contribution >= 4 is 11.9 Å². The summed E-state index contributed by atoms with van der Waals surface area (Å²) in [6, 6.07) is 0. The quantitative estimate of drug-likeness (QED) is 0.564. The predicted molar refractivity (Wildman–Crippen MR) is 68.1 cm³/mol. The third kappa shape index (κ3) is 2.68. The number of rotatable bonds is 6. The van der Waals surface area contributed by atoms with Crippen LogP contribution in [-0.2, 0) is 9.59 Å². The molecule has 2 rings (SSSR count). The van der Waals surface area contributed by atoms with Crippen LogP contribution in [0.2, 0.25) is 0 Å². The highest BCUT2D eigenvalue weighted by molar-refractivity contribution is 6.02. The van der Waals surface area contributed by atoms with Crippen molar-refractivity contribution in [2.45, 2.75) is 57.8 Å². The molecule has 2 aliphatic carbocycles. The largest absolute Gasteiger partial charge is 0.480 e. The lowest BCUT2D eigenvalue weighted by atomic mass is 9.68. The van der Waals surface area contributed by atoms with Gasteiger partial charge in [-0.3, -0.25) is 9.59 Å². The first kappa shape index (κ1) is 13.4. The van der Waals surface area contributed by atoms with E-state index in [0.717, 1.165) is 18.8 Å². The molecule has 18 heavy (non-hydrogen) atoms. The summed E-state index contributed by atoms with van der Waals surface area (Å²) < 4.78 is 0. The van der Waals surface area contributed by atoms with Gasteiger partial charge in [-0.15, -0.1) is 0 Å². The lowest BCUT2D eigenvalue weighted by Gasteiger charge is -2.35. The number of amides is 1. The molecule has 2 saturated carbocycles. The Hall–Kier alpha value is -1.06. The Kier molecular flexibility index (Phi) is 4.25. The molecule has 102 valence electrons. The average molecular weight is 253 g/mol. The number of hydrogen-bond donors (Lipinski definition) is 2. The van der Waals surface area contributed by atoms with Crippen molar-refractivity contribution in [3.63, 3.8) is 0 Å². The predicted octanol–water partition coefficient (Wildman–Crippen LogP) is 2.33. The van der Waals surface area contributed by atoms with E-state index in [1.54, 1.807) is 0 Å². The normalized spacial score (nSPS) is 22.4. The fourth-order valence-corrected chi connectivity index (χ4v) is 3.13. The Labute approximate surface area is 108 Å². The van der Waals surface area contributed by atoms with Gasteiger partial charge in [0.1, 0.15) is 5.41 Å². The zero-order chi connectivity index (χ0) is 13.0. The second-order valence-electron chi connectivity index (χ2n) is 5.79. The molecule has 0 aromatic rings. The number of carbonyl (C=O) groups excluding carboxylic acids is 1. The molecular weight excluding hydrogens is 230 g/mol. The first-order valence-corrected chi connectivity index (χ1v) is 7.17. The molecule has 0 spiro atoms. The van der Waals surface area contributed by atoms with Gasteiger partial charge in [0.25, 0.3) is 0 Å². The van der Waals surface area contributed by atoms with Crippen LogP contribution in [0.5, 0.6) is 0 Å². The van der Waals surface area contributed by atoms with E-state index in [1.165, 1.54) is 32.1 Å². The lowest BCUT2D eigenvalue weighted by molar-refractivity contribution is -0.162. The molecule has 0 atom stereocenters. The first-order chi connectivity index (χ1) is 8.65. The zero-order valence-corrected chi connectivity index (χ0v) is 10.9. The number of carboxylic acids is 1. The zero-order valence-electron chi connectivity index (χ0n) is 10.9. The maximum absolute atomic E-state index is 11.9. The van der Waals surface area contributed by atoms with Gasteiger partial charge in [-0.2, -0.15) is 0 Å². The third-order valence-electron chi connectivity index (χ3n) is 4.60. The van der Waals surface area contributed by atoms with Crippen molar-refractivity contribution in [1.82, 2.24) is 5.32 Å².